The Bertz CT molecular complexity index is 1040. The molecule has 124 valence electrons. The lowest BCUT2D eigenvalue weighted by molar-refractivity contribution is 0.0937. The summed E-state index contributed by atoms with van der Waals surface area (Å²) in [5, 5.41) is 5.57. The summed E-state index contributed by atoms with van der Waals surface area (Å²) in [5.41, 5.74) is 1.68. The van der Waals surface area contributed by atoms with Crippen LogP contribution in [0.4, 0.5) is 0 Å². The second kappa shape index (κ2) is 5.80. The molecule has 0 aliphatic carbocycles. The van der Waals surface area contributed by atoms with Crippen molar-refractivity contribution in [1.29, 1.82) is 0 Å². The Kier molecular flexibility index (Phi) is 3.80. The maximum atomic E-state index is 12.3. The van der Waals surface area contributed by atoms with Crippen molar-refractivity contribution in [2.45, 2.75) is 26.8 Å². The summed E-state index contributed by atoms with van der Waals surface area (Å²) in [6.45, 7) is 5.26. The van der Waals surface area contributed by atoms with Crippen molar-refractivity contribution < 1.29 is 4.79 Å². The van der Waals surface area contributed by atoms with E-state index in [1.54, 1.807) is 26.0 Å². The van der Waals surface area contributed by atoms with E-state index in [0.717, 1.165) is 5.69 Å². The predicted octanol–water partition coefficient (Wildman–Crippen LogP) is 0.819. The van der Waals surface area contributed by atoms with Gasteiger partial charge in [-0.15, -0.1) is 0 Å². The summed E-state index contributed by atoms with van der Waals surface area (Å²) in [5.74, 6) is -0.518. The zero-order chi connectivity index (χ0) is 17.4. The van der Waals surface area contributed by atoms with Gasteiger partial charge in [0.25, 0.3) is 17.0 Å². The molecule has 3 aromatic rings. The molecule has 24 heavy (non-hydrogen) atoms. The van der Waals surface area contributed by atoms with Crippen molar-refractivity contribution in [3.63, 3.8) is 0 Å². The Morgan fingerprint density at radius 2 is 1.96 bits per heavy atom. The van der Waals surface area contributed by atoms with Gasteiger partial charge < -0.3 is 10.3 Å². The van der Waals surface area contributed by atoms with Crippen molar-refractivity contribution in [1.82, 2.24) is 24.9 Å². The molecule has 0 radical (unpaired) electrons. The van der Waals surface area contributed by atoms with E-state index in [0.29, 0.717) is 17.0 Å². The summed E-state index contributed by atoms with van der Waals surface area (Å²) < 4.78 is 1.33. The SMILES string of the molecule is Cc1ccc(C(=O)N[C@H](C)c2cc(=O)n3[nH]c(C)cc3n2)c(=O)[nH]1. The summed E-state index contributed by atoms with van der Waals surface area (Å²) in [4.78, 5) is 43.1. The third-order valence-electron chi connectivity index (χ3n) is 3.69. The van der Waals surface area contributed by atoms with Crippen LogP contribution < -0.4 is 16.4 Å². The number of amides is 1. The molecule has 0 fully saturated rings. The Morgan fingerprint density at radius 3 is 2.67 bits per heavy atom. The molecule has 0 saturated carbocycles. The lowest BCUT2D eigenvalue weighted by Crippen LogP contribution is -2.32. The molecule has 1 atom stereocenters. The number of aromatic nitrogens is 4. The molecule has 8 nitrogen and oxygen atoms in total. The summed E-state index contributed by atoms with van der Waals surface area (Å²) in [6, 6.07) is 5.70. The Morgan fingerprint density at radius 1 is 1.21 bits per heavy atom. The average molecular weight is 327 g/mol. The van der Waals surface area contributed by atoms with Gasteiger partial charge >= 0.3 is 0 Å². The van der Waals surface area contributed by atoms with Crippen LogP contribution in [0.1, 0.15) is 40.4 Å². The molecule has 0 spiro atoms. The van der Waals surface area contributed by atoms with E-state index in [1.807, 2.05) is 6.92 Å². The lowest BCUT2D eigenvalue weighted by atomic mass is 10.2. The van der Waals surface area contributed by atoms with Crippen LogP contribution in [-0.2, 0) is 0 Å². The van der Waals surface area contributed by atoms with Crippen LogP contribution in [0.2, 0.25) is 0 Å². The fraction of sp³-hybridized carbons (Fsp3) is 0.250. The normalized spacial score (nSPS) is 12.3. The molecule has 0 aliphatic heterocycles. The van der Waals surface area contributed by atoms with Crippen LogP contribution in [0.3, 0.4) is 0 Å². The number of fused-ring (bicyclic) bond motifs is 1. The molecule has 3 rings (SSSR count). The number of aromatic amines is 2. The first-order valence-electron chi connectivity index (χ1n) is 7.45. The maximum Gasteiger partial charge on any atom is 0.272 e. The predicted molar refractivity (Wildman–Crippen MR) is 88.2 cm³/mol. The van der Waals surface area contributed by atoms with Crippen LogP contribution in [-0.4, -0.2) is 25.5 Å². The smallest absolute Gasteiger partial charge is 0.272 e. The monoisotopic (exact) mass is 327 g/mol. The van der Waals surface area contributed by atoms with Crippen molar-refractivity contribution >= 4 is 11.6 Å². The number of hydrogen-bond donors (Lipinski definition) is 3. The van der Waals surface area contributed by atoms with Crippen LogP contribution in [0.15, 0.2) is 33.9 Å². The minimum atomic E-state index is -0.522. The van der Waals surface area contributed by atoms with E-state index in [-0.39, 0.29) is 11.1 Å². The molecule has 1 amide bonds. The standard InChI is InChI=1S/C16H17N5O3/c1-8-4-5-11(15(23)17-8)16(24)18-10(3)12-7-14(22)21-13(19-12)6-9(2)20-21/h4-7,10,20H,1-3H3,(H,17,23)(H,18,24)/t10-/m1/s1. The van der Waals surface area contributed by atoms with Crippen molar-refractivity contribution in [2.75, 3.05) is 0 Å². The number of rotatable bonds is 3. The van der Waals surface area contributed by atoms with E-state index >= 15 is 0 Å². The van der Waals surface area contributed by atoms with E-state index in [9.17, 15) is 14.4 Å². The quantitative estimate of drug-likeness (QED) is 0.661. The number of carbonyl (C=O) groups excluding carboxylic acids is 1. The highest BCUT2D eigenvalue weighted by Gasteiger charge is 2.17. The molecule has 8 heteroatoms. The van der Waals surface area contributed by atoms with E-state index in [1.165, 1.54) is 16.6 Å². The number of nitrogens with one attached hydrogen (secondary N) is 3. The van der Waals surface area contributed by atoms with E-state index in [4.69, 9.17) is 0 Å². The van der Waals surface area contributed by atoms with Crippen LogP contribution in [0.25, 0.3) is 5.65 Å². The minimum absolute atomic E-state index is 0.0164. The fourth-order valence-electron chi connectivity index (χ4n) is 2.45. The largest absolute Gasteiger partial charge is 0.344 e. The third kappa shape index (κ3) is 2.85. The molecule has 3 aromatic heterocycles. The molecular formula is C16H17N5O3. The number of pyridine rings is 1. The lowest BCUT2D eigenvalue weighted by Gasteiger charge is -2.13. The molecule has 0 aliphatic rings. The van der Waals surface area contributed by atoms with Gasteiger partial charge in [0, 0.05) is 23.5 Å². The highest BCUT2D eigenvalue weighted by atomic mass is 16.2. The molecule has 0 bridgehead atoms. The number of hydrogen-bond acceptors (Lipinski definition) is 4. The molecule has 0 aromatic carbocycles. The Labute approximate surface area is 136 Å². The molecule has 3 N–H and O–H groups in total. The van der Waals surface area contributed by atoms with Gasteiger partial charge in [0.15, 0.2) is 5.65 Å². The zero-order valence-electron chi connectivity index (χ0n) is 13.5. The number of nitrogens with zero attached hydrogens (tertiary/aromatic N) is 2. The van der Waals surface area contributed by atoms with Gasteiger partial charge in [0.1, 0.15) is 5.56 Å². The molecule has 0 saturated heterocycles. The van der Waals surface area contributed by atoms with Gasteiger partial charge in [-0.1, -0.05) is 0 Å². The first kappa shape index (κ1) is 15.7. The number of aryl methyl sites for hydroxylation is 2. The highest BCUT2D eigenvalue weighted by molar-refractivity contribution is 5.94. The van der Waals surface area contributed by atoms with E-state index in [2.05, 4.69) is 20.4 Å². The number of carbonyl (C=O) groups is 1. The van der Waals surface area contributed by atoms with Crippen molar-refractivity contribution in [3.8, 4) is 0 Å². The first-order valence-corrected chi connectivity index (χ1v) is 7.45. The van der Waals surface area contributed by atoms with Gasteiger partial charge in [0.05, 0.1) is 11.7 Å². The van der Waals surface area contributed by atoms with Gasteiger partial charge in [-0.25, -0.2) is 9.50 Å². The summed E-state index contributed by atoms with van der Waals surface area (Å²) in [6.07, 6.45) is 0. The summed E-state index contributed by atoms with van der Waals surface area (Å²) in [7, 11) is 0. The van der Waals surface area contributed by atoms with Crippen molar-refractivity contribution in [3.05, 3.63) is 67.6 Å². The van der Waals surface area contributed by atoms with Crippen molar-refractivity contribution in [2.24, 2.45) is 0 Å². The van der Waals surface area contributed by atoms with E-state index < -0.39 is 17.5 Å². The van der Waals surface area contributed by atoms with Crippen LogP contribution in [0.5, 0.6) is 0 Å². The highest BCUT2D eigenvalue weighted by Crippen LogP contribution is 2.10. The molecule has 3 heterocycles. The fourth-order valence-corrected chi connectivity index (χ4v) is 2.45. The Balaban J connectivity index is 1.89. The van der Waals surface area contributed by atoms with Gasteiger partial charge in [-0.2, -0.15) is 0 Å². The van der Waals surface area contributed by atoms with Gasteiger partial charge in [-0.3, -0.25) is 19.5 Å². The van der Waals surface area contributed by atoms with Crippen LogP contribution >= 0.6 is 0 Å². The minimum Gasteiger partial charge on any atom is -0.344 e. The molecule has 0 unspecified atom stereocenters. The topological polar surface area (TPSA) is 112 Å². The molecular weight excluding hydrogens is 310 g/mol. The maximum absolute atomic E-state index is 12.3. The average Bonchev–Trinajstić information content (AvgIpc) is 2.88. The Hall–Kier alpha value is -3.16. The van der Waals surface area contributed by atoms with Crippen LogP contribution in [0, 0.1) is 13.8 Å². The van der Waals surface area contributed by atoms with Gasteiger partial charge in [0.2, 0.25) is 0 Å². The van der Waals surface area contributed by atoms with Gasteiger partial charge in [-0.05, 0) is 32.9 Å². The second-order valence-corrected chi connectivity index (χ2v) is 5.73. The second-order valence-electron chi connectivity index (χ2n) is 5.73. The first-order chi connectivity index (χ1) is 11.3. The summed E-state index contributed by atoms with van der Waals surface area (Å²) >= 11 is 0. The number of H-pyrrole nitrogens is 2. The zero-order valence-corrected chi connectivity index (χ0v) is 13.5. The third-order valence-corrected chi connectivity index (χ3v) is 3.69.